The van der Waals surface area contributed by atoms with E-state index in [0.29, 0.717) is 26.1 Å². The summed E-state index contributed by atoms with van der Waals surface area (Å²) in [6.45, 7) is 3.06. The van der Waals surface area contributed by atoms with Gasteiger partial charge in [0.1, 0.15) is 12.4 Å². The molecule has 29 heavy (non-hydrogen) atoms. The molecule has 3 heterocycles. The Bertz CT molecular complexity index is 750. The zero-order chi connectivity index (χ0) is 20.2. The van der Waals surface area contributed by atoms with E-state index in [0.717, 1.165) is 37.9 Å². The summed E-state index contributed by atoms with van der Waals surface area (Å²) in [6.07, 6.45) is 4.87. The summed E-state index contributed by atoms with van der Waals surface area (Å²) < 4.78 is 0. The van der Waals surface area contributed by atoms with Gasteiger partial charge in [-0.2, -0.15) is 5.06 Å². The van der Waals surface area contributed by atoms with Crippen molar-refractivity contribution in [3.05, 3.63) is 35.9 Å². The Kier molecular flexibility index (Phi) is 6.10. The summed E-state index contributed by atoms with van der Waals surface area (Å²) in [6, 6.07) is 9.13. The van der Waals surface area contributed by atoms with Crippen LogP contribution in [0.3, 0.4) is 0 Å². The van der Waals surface area contributed by atoms with E-state index in [1.807, 2.05) is 30.3 Å². The maximum Gasteiger partial charge on any atom is 0.344 e. The number of benzene rings is 1. The van der Waals surface area contributed by atoms with Gasteiger partial charge in [0, 0.05) is 6.54 Å². The van der Waals surface area contributed by atoms with Crippen molar-refractivity contribution in [2.75, 3.05) is 26.2 Å². The van der Waals surface area contributed by atoms with Crippen LogP contribution in [0.5, 0.6) is 0 Å². The van der Waals surface area contributed by atoms with Crippen molar-refractivity contribution < 1.29 is 14.4 Å². The van der Waals surface area contributed by atoms with Gasteiger partial charge in [-0.15, -0.1) is 0 Å². The van der Waals surface area contributed by atoms with Gasteiger partial charge in [-0.1, -0.05) is 36.8 Å². The standard InChI is InChI=1S/C21H29N5O3/c22-20(23-19(27)14-24-11-5-2-6-12-24)18-10-9-17-13-25(18)21(28)26(17)29-15-16-7-3-1-4-8-16/h1,3-4,7-8,17-18H,2,5-6,9-15H2,(H2,22,23,27)/t17-,18+/m1/s1. The molecule has 1 aromatic rings. The number of amidine groups is 1. The van der Waals surface area contributed by atoms with Crippen LogP contribution in [0.4, 0.5) is 4.79 Å². The molecular formula is C21H29N5O3. The summed E-state index contributed by atoms with van der Waals surface area (Å²) in [5.74, 6) is -0.0495. The molecule has 0 aliphatic carbocycles. The summed E-state index contributed by atoms with van der Waals surface area (Å²) in [4.78, 5) is 34.8. The van der Waals surface area contributed by atoms with Crippen molar-refractivity contribution >= 4 is 17.8 Å². The van der Waals surface area contributed by atoms with E-state index in [1.165, 1.54) is 11.5 Å². The summed E-state index contributed by atoms with van der Waals surface area (Å²) in [5, 5.41) is 12.5. The van der Waals surface area contributed by atoms with Gasteiger partial charge in [0.05, 0.1) is 18.6 Å². The number of fused-ring (bicyclic) bond motifs is 2. The number of nitrogens with zero attached hydrogens (tertiary/aromatic N) is 3. The number of likely N-dealkylation sites (tertiary alicyclic amines) is 1. The van der Waals surface area contributed by atoms with Gasteiger partial charge < -0.3 is 10.2 Å². The van der Waals surface area contributed by atoms with Crippen LogP contribution in [0.2, 0.25) is 0 Å². The fraction of sp³-hybridized carbons (Fsp3) is 0.571. The molecule has 3 aliphatic heterocycles. The molecule has 8 nitrogen and oxygen atoms in total. The average molecular weight is 399 g/mol. The molecule has 0 aromatic heterocycles. The minimum absolute atomic E-state index is 0.000635. The molecule has 2 N–H and O–H groups in total. The third kappa shape index (κ3) is 4.59. The molecule has 0 spiro atoms. The SMILES string of the molecule is N=C(NC(=O)CN1CCCCC1)[C@@H]1CC[C@@H]2CN1C(=O)N2OCc1ccccc1. The molecule has 8 heteroatoms. The summed E-state index contributed by atoms with van der Waals surface area (Å²) >= 11 is 0. The number of hydrogen-bond acceptors (Lipinski definition) is 5. The highest BCUT2D eigenvalue weighted by Crippen LogP contribution is 2.30. The van der Waals surface area contributed by atoms with Gasteiger partial charge in [0.15, 0.2) is 0 Å². The third-order valence-electron chi connectivity index (χ3n) is 5.96. The summed E-state index contributed by atoms with van der Waals surface area (Å²) in [7, 11) is 0. The highest BCUT2D eigenvalue weighted by molar-refractivity contribution is 6.01. The zero-order valence-electron chi connectivity index (χ0n) is 16.7. The Labute approximate surface area is 171 Å². The lowest BCUT2D eigenvalue weighted by molar-refractivity contribution is -0.140. The molecule has 1 aromatic carbocycles. The smallest absolute Gasteiger partial charge is 0.312 e. The van der Waals surface area contributed by atoms with Crippen molar-refractivity contribution in [3.63, 3.8) is 0 Å². The minimum Gasteiger partial charge on any atom is -0.312 e. The number of nitrogens with one attached hydrogen (secondary N) is 2. The molecular weight excluding hydrogens is 370 g/mol. The van der Waals surface area contributed by atoms with Crippen LogP contribution < -0.4 is 5.32 Å². The molecule has 3 fully saturated rings. The second kappa shape index (κ2) is 8.92. The minimum atomic E-state index is -0.394. The fourth-order valence-electron chi connectivity index (χ4n) is 4.41. The molecule has 3 amide bonds. The molecule has 0 unspecified atom stereocenters. The second-order valence-corrected chi connectivity index (χ2v) is 8.07. The maximum atomic E-state index is 12.8. The van der Waals surface area contributed by atoms with Crippen LogP contribution >= 0.6 is 0 Å². The number of rotatable bonds is 6. The Morgan fingerprint density at radius 1 is 1.14 bits per heavy atom. The van der Waals surface area contributed by atoms with Gasteiger partial charge in [0.2, 0.25) is 5.91 Å². The van der Waals surface area contributed by atoms with Crippen LogP contribution in [0.15, 0.2) is 30.3 Å². The number of hydroxylamine groups is 2. The van der Waals surface area contributed by atoms with Crippen LogP contribution in [0.25, 0.3) is 0 Å². The van der Waals surface area contributed by atoms with Crippen LogP contribution in [0, 0.1) is 5.41 Å². The molecule has 156 valence electrons. The van der Waals surface area contributed by atoms with Crippen molar-refractivity contribution in [2.24, 2.45) is 0 Å². The molecule has 2 bridgehead atoms. The van der Waals surface area contributed by atoms with E-state index in [4.69, 9.17) is 10.2 Å². The molecule has 3 saturated heterocycles. The Morgan fingerprint density at radius 2 is 1.90 bits per heavy atom. The van der Waals surface area contributed by atoms with Gasteiger partial charge >= 0.3 is 6.03 Å². The number of urea groups is 1. The van der Waals surface area contributed by atoms with E-state index >= 15 is 0 Å². The number of hydrogen-bond donors (Lipinski definition) is 2. The Morgan fingerprint density at radius 3 is 2.66 bits per heavy atom. The second-order valence-electron chi connectivity index (χ2n) is 8.07. The zero-order valence-corrected chi connectivity index (χ0v) is 16.7. The third-order valence-corrected chi connectivity index (χ3v) is 5.96. The topological polar surface area (TPSA) is 89.0 Å². The molecule has 0 saturated carbocycles. The van der Waals surface area contributed by atoms with E-state index < -0.39 is 6.04 Å². The van der Waals surface area contributed by atoms with Gasteiger partial charge in [-0.25, -0.2) is 4.79 Å². The van der Waals surface area contributed by atoms with Crippen LogP contribution in [-0.4, -0.2) is 70.9 Å². The quantitative estimate of drug-likeness (QED) is 0.565. The highest BCUT2D eigenvalue weighted by Gasteiger charge is 2.47. The number of piperidine rings is 2. The maximum absolute atomic E-state index is 12.8. The lowest BCUT2D eigenvalue weighted by Gasteiger charge is -2.31. The first-order valence-electron chi connectivity index (χ1n) is 10.5. The lowest BCUT2D eigenvalue weighted by atomic mass is 10.00. The highest BCUT2D eigenvalue weighted by atomic mass is 16.7. The van der Waals surface area contributed by atoms with Crippen LogP contribution in [0.1, 0.15) is 37.7 Å². The Hall–Kier alpha value is -2.45. The Balaban J connectivity index is 1.30. The molecule has 3 aliphatic rings. The van der Waals surface area contributed by atoms with Crippen molar-refractivity contribution in [1.82, 2.24) is 20.2 Å². The predicted molar refractivity (Wildman–Crippen MR) is 108 cm³/mol. The van der Waals surface area contributed by atoms with Gasteiger partial charge in [-0.3, -0.25) is 19.9 Å². The fourth-order valence-corrected chi connectivity index (χ4v) is 4.41. The van der Waals surface area contributed by atoms with E-state index in [1.54, 1.807) is 4.90 Å². The van der Waals surface area contributed by atoms with Crippen molar-refractivity contribution in [2.45, 2.75) is 50.8 Å². The monoisotopic (exact) mass is 399 g/mol. The van der Waals surface area contributed by atoms with E-state index in [-0.39, 0.29) is 23.8 Å². The first-order chi connectivity index (χ1) is 14.1. The first-order valence-corrected chi connectivity index (χ1v) is 10.5. The molecule has 0 radical (unpaired) electrons. The van der Waals surface area contributed by atoms with Gasteiger partial charge in [0.25, 0.3) is 0 Å². The summed E-state index contributed by atoms with van der Waals surface area (Å²) in [5.41, 5.74) is 1.01. The molecule has 2 atom stereocenters. The van der Waals surface area contributed by atoms with E-state index in [9.17, 15) is 9.59 Å². The van der Waals surface area contributed by atoms with Crippen molar-refractivity contribution in [3.8, 4) is 0 Å². The number of amides is 3. The largest absolute Gasteiger partial charge is 0.344 e. The van der Waals surface area contributed by atoms with Gasteiger partial charge in [-0.05, 0) is 44.3 Å². The number of carbonyl (C=O) groups excluding carboxylic acids is 2. The normalized spacial score (nSPS) is 24.6. The number of carbonyl (C=O) groups is 2. The lowest BCUT2D eigenvalue weighted by Crippen LogP contribution is -2.52. The predicted octanol–water partition coefficient (Wildman–Crippen LogP) is 1.97. The van der Waals surface area contributed by atoms with Crippen LogP contribution in [-0.2, 0) is 16.2 Å². The first kappa shape index (κ1) is 19.8. The molecule has 4 rings (SSSR count). The van der Waals surface area contributed by atoms with E-state index in [2.05, 4.69) is 10.2 Å². The average Bonchev–Trinajstić information content (AvgIpc) is 2.97. The van der Waals surface area contributed by atoms with Crippen molar-refractivity contribution in [1.29, 1.82) is 5.41 Å².